The molecule has 1 heterocycles. The number of nitrogens with one attached hydrogen (secondary N) is 1. The number of carbonyl (C=O) groups excluding carboxylic acids is 1. The van der Waals surface area contributed by atoms with Crippen LogP contribution in [0.15, 0.2) is 59.0 Å². The summed E-state index contributed by atoms with van der Waals surface area (Å²) in [6.45, 7) is 0.117. The molecular weight excluding hydrogens is 368 g/mol. The van der Waals surface area contributed by atoms with Crippen LogP contribution in [0.2, 0.25) is 10.0 Å². The number of rotatable bonds is 5. The predicted molar refractivity (Wildman–Crippen MR) is 93.9 cm³/mol. The van der Waals surface area contributed by atoms with Crippen molar-refractivity contribution in [1.82, 2.24) is 0 Å². The minimum Gasteiger partial charge on any atom is -0.486 e. The highest BCUT2D eigenvalue weighted by Gasteiger charge is 2.12. The molecule has 1 amide bonds. The molecule has 4 nitrogen and oxygen atoms in total. The van der Waals surface area contributed by atoms with Gasteiger partial charge in [-0.15, -0.1) is 0 Å². The van der Waals surface area contributed by atoms with Crippen LogP contribution in [0.5, 0.6) is 5.75 Å². The average Bonchev–Trinajstić information content (AvgIpc) is 3.07. The molecule has 0 fully saturated rings. The van der Waals surface area contributed by atoms with E-state index in [9.17, 15) is 9.18 Å². The third-order valence-corrected chi connectivity index (χ3v) is 4.00. The van der Waals surface area contributed by atoms with Gasteiger partial charge in [-0.3, -0.25) is 4.79 Å². The monoisotopic (exact) mass is 379 g/mol. The van der Waals surface area contributed by atoms with Gasteiger partial charge in [0.05, 0.1) is 10.0 Å². The quantitative estimate of drug-likeness (QED) is 0.631. The van der Waals surface area contributed by atoms with Gasteiger partial charge in [0, 0.05) is 5.69 Å². The molecule has 0 saturated carbocycles. The Kier molecular flexibility index (Phi) is 5.26. The first-order valence-corrected chi connectivity index (χ1v) is 8.00. The summed E-state index contributed by atoms with van der Waals surface area (Å²) in [5, 5.41) is 3.40. The van der Waals surface area contributed by atoms with E-state index in [0.717, 1.165) is 0 Å². The third kappa shape index (κ3) is 4.53. The maximum atomic E-state index is 12.8. The van der Waals surface area contributed by atoms with Crippen molar-refractivity contribution in [3.8, 4) is 5.75 Å². The Bertz CT molecular complexity index is 894. The predicted octanol–water partition coefficient (Wildman–Crippen LogP) is 5.56. The van der Waals surface area contributed by atoms with E-state index >= 15 is 0 Å². The van der Waals surface area contributed by atoms with E-state index in [1.54, 1.807) is 24.3 Å². The third-order valence-electron chi connectivity index (χ3n) is 3.26. The number of ether oxygens (including phenoxy) is 1. The van der Waals surface area contributed by atoms with Crippen LogP contribution in [0.4, 0.5) is 10.1 Å². The van der Waals surface area contributed by atoms with Crippen LogP contribution in [0.1, 0.15) is 16.3 Å². The van der Waals surface area contributed by atoms with E-state index in [-0.39, 0.29) is 18.2 Å². The van der Waals surface area contributed by atoms with E-state index < -0.39 is 5.91 Å². The van der Waals surface area contributed by atoms with Crippen LogP contribution in [-0.2, 0) is 6.61 Å². The number of hydrogen-bond acceptors (Lipinski definition) is 3. The smallest absolute Gasteiger partial charge is 0.291 e. The Morgan fingerprint density at radius 1 is 1.04 bits per heavy atom. The van der Waals surface area contributed by atoms with Crippen molar-refractivity contribution in [2.45, 2.75) is 6.61 Å². The van der Waals surface area contributed by atoms with Crippen LogP contribution in [0.25, 0.3) is 0 Å². The summed E-state index contributed by atoms with van der Waals surface area (Å²) >= 11 is 11.7. The first-order valence-electron chi connectivity index (χ1n) is 7.25. The fourth-order valence-corrected chi connectivity index (χ4v) is 2.33. The standard InChI is InChI=1S/C18H12Cl2FNO3/c19-15-7-3-12(9-16(15)20)22-18(23)17-8-6-14(25-17)10-24-13-4-1-11(21)2-5-13/h1-9H,10H2,(H,22,23). The lowest BCUT2D eigenvalue weighted by molar-refractivity contribution is 0.0992. The molecule has 3 rings (SSSR count). The number of halogens is 3. The first-order chi connectivity index (χ1) is 12.0. The molecule has 2 aromatic carbocycles. The normalized spacial score (nSPS) is 10.5. The van der Waals surface area contributed by atoms with E-state index in [2.05, 4.69) is 5.32 Å². The molecule has 0 bridgehead atoms. The summed E-state index contributed by atoms with van der Waals surface area (Å²) in [7, 11) is 0. The Morgan fingerprint density at radius 2 is 1.80 bits per heavy atom. The van der Waals surface area contributed by atoms with Crippen LogP contribution in [-0.4, -0.2) is 5.91 Å². The molecule has 0 unspecified atom stereocenters. The molecule has 0 aliphatic carbocycles. The summed E-state index contributed by atoms with van der Waals surface area (Å²) in [6.07, 6.45) is 0. The van der Waals surface area contributed by atoms with Gasteiger partial charge in [-0.1, -0.05) is 23.2 Å². The van der Waals surface area contributed by atoms with E-state index in [0.29, 0.717) is 27.2 Å². The topological polar surface area (TPSA) is 51.5 Å². The highest BCUT2D eigenvalue weighted by atomic mass is 35.5. The number of anilines is 1. The Balaban J connectivity index is 1.61. The summed E-state index contributed by atoms with van der Waals surface area (Å²) in [5.41, 5.74) is 0.500. The van der Waals surface area contributed by atoms with Gasteiger partial charge in [-0.25, -0.2) is 4.39 Å². The van der Waals surface area contributed by atoms with Gasteiger partial charge in [0.2, 0.25) is 0 Å². The van der Waals surface area contributed by atoms with E-state index in [1.807, 2.05) is 0 Å². The molecule has 1 aromatic heterocycles. The highest BCUT2D eigenvalue weighted by molar-refractivity contribution is 6.42. The number of hydrogen-bond donors (Lipinski definition) is 1. The number of carbonyl (C=O) groups is 1. The second kappa shape index (κ2) is 7.59. The average molecular weight is 380 g/mol. The van der Waals surface area contributed by atoms with Crippen molar-refractivity contribution < 1.29 is 18.3 Å². The minimum absolute atomic E-state index is 0.117. The van der Waals surface area contributed by atoms with Crippen molar-refractivity contribution in [3.05, 3.63) is 82.0 Å². The first kappa shape index (κ1) is 17.3. The highest BCUT2D eigenvalue weighted by Crippen LogP contribution is 2.25. The number of furan rings is 1. The molecule has 25 heavy (non-hydrogen) atoms. The largest absolute Gasteiger partial charge is 0.486 e. The van der Waals surface area contributed by atoms with Gasteiger partial charge in [0.15, 0.2) is 5.76 Å². The van der Waals surface area contributed by atoms with Crippen LogP contribution in [0, 0.1) is 5.82 Å². The molecule has 7 heteroatoms. The van der Waals surface area contributed by atoms with Gasteiger partial charge < -0.3 is 14.5 Å². The second-order valence-corrected chi connectivity index (χ2v) is 5.91. The summed E-state index contributed by atoms with van der Waals surface area (Å²) < 4.78 is 23.7. The lowest BCUT2D eigenvalue weighted by Crippen LogP contribution is -2.10. The van der Waals surface area contributed by atoms with Crippen molar-refractivity contribution in [2.24, 2.45) is 0 Å². The van der Waals surface area contributed by atoms with Crippen molar-refractivity contribution >= 4 is 34.8 Å². The van der Waals surface area contributed by atoms with E-state index in [4.69, 9.17) is 32.4 Å². The second-order valence-electron chi connectivity index (χ2n) is 5.09. The molecule has 0 aliphatic heterocycles. The molecule has 1 N–H and O–H groups in total. The number of amides is 1. The molecule has 0 radical (unpaired) electrons. The number of benzene rings is 2. The summed E-state index contributed by atoms with van der Waals surface area (Å²) in [5.74, 6) is 0.324. The lowest BCUT2D eigenvalue weighted by Gasteiger charge is -2.05. The molecule has 0 spiro atoms. The van der Waals surface area contributed by atoms with Crippen LogP contribution in [0.3, 0.4) is 0 Å². The van der Waals surface area contributed by atoms with Crippen LogP contribution >= 0.6 is 23.2 Å². The van der Waals surface area contributed by atoms with E-state index in [1.165, 1.54) is 30.3 Å². The minimum atomic E-state index is -0.425. The van der Waals surface area contributed by atoms with Gasteiger partial charge in [-0.2, -0.15) is 0 Å². The molecule has 0 aliphatic rings. The Morgan fingerprint density at radius 3 is 2.52 bits per heavy atom. The SMILES string of the molecule is O=C(Nc1ccc(Cl)c(Cl)c1)c1ccc(COc2ccc(F)cc2)o1. The fourth-order valence-electron chi connectivity index (χ4n) is 2.03. The van der Waals surface area contributed by atoms with Crippen molar-refractivity contribution in [2.75, 3.05) is 5.32 Å². The maximum Gasteiger partial charge on any atom is 0.291 e. The molecule has 0 atom stereocenters. The Labute approximate surface area is 153 Å². The van der Waals surface area contributed by atoms with Crippen molar-refractivity contribution in [1.29, 1.82) is 0 Å². The zero-order chi connectivity index (χ0) is 17.8. The zero-order valence-electron chi connectivity index (χ0n) is 12.8. The summed E-state index contributed by atoms with van der Waals surface area (Å²) in [4.78, 5) is 12.2. The van der Waals surface area contributed by atoms with Gasteiger partial charge in [0.1, 0.15) is 23.9 Å². The maximum absolute atomic E-state index is 12.8. The lowest BCUT2D eigenvalue weighted by atomic mass is 10.3. The molecule has 3 aromatic rings. The zero-order valence-corrected chi connectivity index (χ0v) is 14.3. The summed E-state index contributed by atoms with van der Waals surface area (Å²) in [6, 6.07) is 13.6. The Hall–Kier alpha value is -2.50. The molecular formula is C18H12Cl2FNO3. The van der Waals surface area contributed by atoms with Gasteiger partial charge in [0.25, 0.3) is 5.91 Å². The van der Waals surface area contributed by atoms with Crippen molar-refractivity contribution in [3.63, 3.8) is 0 Å². The van der Waals surface area contributed by atoms with Gasteiger partial charge >= 0.3 is 0 Å². The van der Waals surface area contributed by atoms with Crippen LogP contribution < -0.4 is 10.1 Å². The molecule has 0 saturated heterocycles. The fraction of sp³-hybridized carbons (Fsp3) is 0.0556. The molecule has 128 valence electrons. The van der Waals surface area contributed by atoms with Gasteiger partial charge in [-0.05, 0) is 54.6 Å².